The molecule has 2 aromatic carbocycles. The van der Waals surface area contributed by atoms with Gasteiger partial charge in [0.1, 0.15) is 0 Å². The van der Waals surface area contributed by atoms with Crippen molar-refractivity contribution in [1.82, 2.24) is 19.1 Å². The summed E-state index contributed by atoms with van der Waals surface area (Å²) >= 11 is 0. The van der Waals surface area contributed by atoms with Gasteiger partial charge in [0.2, 0.25) is 0 Å². The number of carbonyl (C=O) groups is 2. The van der Waals surface area contributed by atoms with Gasteiger partial charge in [0, 0.05) is 36.5 Å². The molecule has 0 atom stereocenters. The van der Waals surface area contributed by atoms with E-state index in [1.165, 1.54) is 58.4 Å². The second kappa shape index (κ2) is 12.0. The largest absolute Gasteiger partial charge is 0.478 e. The molecule has 1 N–H and O–H groups in total. The molecule has 0 bridgehead atoms. The zero-order valence-electron chi connectivity index (χ0n) is 19.1. The van der Waals surface area contributed by atoms with Gasteiger partial charge in [-0.05, 0) is 23.3 Å². The first kappa shape index (κ1) is 25.0. The summed E-state index contributed by atoms with van der Waals surface area (Å²) in [5.41, 5.74) is 2.54. The standard InChI is InChI=1S/C14H14N2O2.C12H10N2O3/c1-2-13(17)12-5-3-11(4-6-12)9-16-10-15-8-7-14(16)18;15-11-5-6-13-8-14(11)7-9-1-3-10(4-2-9)12(16)17/h3-8,10H,2,9H2,1H3;1-6,8H,7H2,(H,16,17). The van der Waals surface area contributed by atoms with Gasteiger partial charge in [-0.15, -0.1) is 0 Å². The Kier molecular flexibility index (Phi) is 8.55. The summed E-state index contributed by atoms with van der Waals surface area (Å²) in [6.45, 7) is 2.69. The van der Waals surface area contributed by atoms with Gasteiger partial charge in [0.15, 0.2) is 5.78 Å². The minimum absolute atomic E-state index is 0.0845. The molecule has 0 fully saturated rings. The predicted molar refractivity (Wildman–Crippen MR) is 130 cm³/mol. The smallest absolute Gasteiger partial charge is 0.335 e. The van der Waals surface area contributed by atoms with Gasteiger partial charge in [-0.25, -0.2) is 14.8 Å². The molecular weight excluding hydrogens is 448 g/mol. The van der Waals surface area contributed by atoms with Crippen LogP contribution in [-0.4, -0.2) is 36.0 Å². The molecular formula is C26H24N4O5. The van der Waals surface area contributed by atoms with Gasteiger partial charge in [-0.2, -0.15) is 0 Å². The molecule has 2 aromatic heterocycles. The van der Waals surface area contributed by atoms with Crippen molar-refractivity contribution in [2.24, 2.45) is 0 Å². The molecule has 0 aliphatic rings. The van der Waals surface area contributed by atoms with Crippen LogP contribution in [0.3, 0.4) is 0 Å². The van der Waals surface area contributed by atoms with Crippen molar-refractivity contribution >= 4 is 11.8 Å². The van der Waals surface area contributed by atoms with Crippen LogP contribution < -0.4 is 11.1 Å². The van der Waals surface area contributed by atoms with Crippen molar-refractivity contribution in [2.45, 2.75) is 26.4 Å². The van der Waals surface area contributed by atoms with Crippen LogP contribution >= 0.6 is 0 Å². The monoisotopic (exact) mass is 472 g/mol. The van der Waals surface area contributed by atoms with Gasteiger partial charge in [0.05, 0.1) is 31.3 Å². The molecule has 0 amide bonds. The van der Waals surface area contributed by atoms with Gasteiger partial charge >= 0.3 is 5.97 Å². The minimum Gasteiger partial charge on any atom is -0.478 e. The highest BCUT2D eigenvalue weighted by Gasteiger charge is 2.04. The predicted octanol–water partition coefficient (Wildman–Crippen LogP) is 2.87. The number of aromatic carboxylic acids is 1. The van der Waals surface area contributed by atoms with E-state index >= 15 is 0 Å². The minimum atomic E-state index is -0.963. The Hall–Kier alpha value is -4.66. The van der Waals surface area contributed by atoms with Crippen LogP contribution in [0.1, 0.15) is 45.2 Å². The molecule has 0 aliphatic carbocycles. The number of Topliss-reactive ketones (excluding diaryl/α,β-unsaturated/α-hetero) is 1. The highest BCUT2D eigenvalue weighted by Crippen LogP contribution is 2.08. The summed E-state index contributed by atoms with van der Waals surface area (Å²) in [6.07, 6.45) is 6.37. The maximum Gasteiger partial charge on any atom is 0.335 e. The summed E-state index contributed by atoms with van der Waals surface area (Å²) in [4.78, 5) is 52.8. The number of carboxylic acid groups (broad SMARTS) is 1. The lowest BCUT2D eigenvalue weighted by Gasteiger charge is -2.05. The number of benzene rings is 2. The second-order valence-electron chi connectivity index (χ2n) is 7.57. The van der Waals surface area contributed by atoms with Crippen LogP contribution in [0.25, 0.3) is 0 Å². The first-order valence-electron chi connectivity index (χ1n) is 10.8. The van der Waals surface area contributed by atoms with Crippen molar-refractivity contribution in [3.63, 3.8) is 0 Å². The molecule has 9 heteroatoms. The third-order valence-corrected chi connectivity index (χ3v) is 5.09. The molecule has 178 valence electrons. The Balaban J connectivity index is 0.000000196. The second-order valence-corrected chi connectivity index (χ2v) is 7.57. The normalized spacial score (nSPS) is 10.2. The molecule has 2 heterocycles. The number of carbonyl (C=O) groups excluding carboxylic acids is 1. The van der Waals surface area contributed by atoms with E-state index in [9.17, 15) is 19.2 Å². The molecule has 0 radical (unpaired) electrons. The molecule has 9 nitrogen and oxygen atoms in total. The van der Waals surface area contributed by atoms with E-state index < -0.39 is 5.97 Å². The first-order valence-corrected chi connectivity index (χ1v) is 10.8. The number of carboxylic acids is 1. The van der Waals surface area contributed by atoms with E-state index in [1.807, 2.05) is 19.1 Å². The van der Waals surface area contributed by atoms with Crippen LogP contribution in [0.15, 0.2) is 95.3 Å². The zero-order chi connectivity index (χ0) is 25.2. The van der Waals surface area contributed by atoms with E-state index in [4.69, 9.17) is 5.11 Å². The third-order valence-electron chi connectivity index (χ3n) is 5.09. The van der Waals surface area contributed by atoms with E-state index in [0.717, 1.165) is 11.1 Å². The fourth-order valence-corrected chi connectivity index (χ4v) is 3.14. The molecule has 0 saturated carbocycles. The Morgan fingerprint density at radius 1 is 0.714 bits per heavy atom. The van der Waals surface area contributed by atoms with Gasteiger partial charge in [-0.3, -0.25) is 23.5 Å². The van der Waals surface area contributed by atoms with Gasteiger partial charge < -0.3 is 5.11 Å². The fourth-order valence-electron chi connectivity index (χ4n) is 3.14. The van der Waals surface area contributed by atoms with Crippen LogP contribution in [-0.2, 0) is 13.1 Å². The average Bonchev–Trinajstić information content (AvgIpc) is 2.87. The molecule has 0 unspecified atom stereocenters. The van der Waals surface area contributed by atoms with Crippen LogP contribution in [0.2, 0.25) is 0 Å². The average molecular weight is 473 g/mol. The summed E-state index contributed by atoms with van der Waals surface area (Å²) in [6, 6.07) is 16.5. The van der Waals surface area contributed by atoms with E-state index in [1.54, 1.807) is 24.3 Å². The number of ketones is 1. The Labute approximate surface area is 201 Å². The first-order chi connectivity index (χ1) is 16.9. The van der Waals surface area contributed by atoms with Crippen LogP contribution in [0, 0.1) is 0 Å². The van der Waals surface area contributed by atoms with E-state index in [2.05, 4.69) is 9.97 Å². The number of aromatic nitrogens is 4. The van der Waals surface area contributed by atoms with Crippen molar-refractivity contribution in [1.29, 1.82) is 0 Å². The van der Waals surface area contributed by atoms with Crippen molar-refractivity contribution < 1.29 is 14.7 Å². The Morgan fingerprint density at radius 2 is 1.14 bits per heavy atom. The summed E-state index contributed by atoms with van der Waals surface area (Å²) in [7, 11) is 0. The van der Waals surface area contributed by atoms with E-state index in [-0.39, 0.29) is 22.5 Å². The van der Waals surface area contributed by atoms with Crippen molar-refractivity contribution in [3.8, 4) is 0 Å². The molecule has 0 aliphatic heterocycles. The number of nitrogens with zero attached hydrogens (tertiary/aromatic N) is 4. The molecule has 4 aromatic rings. The fraction of sp³-hybridized carbons (Fsp3) is 0.154. The quantitative estimate of drug-likeness (QED) is 0.410. The highest BCUT2D eigenvalue weighted by atomic mass is 16.4. The van der Waals surface area contributed by atoms with Crippen LogP contribution in [0.5, 0.6) is 0 Å². The summed E-state index contributed by atoms with van der Waals surface area (Å²) in [5, 5.41) is 8.74. The van der Waals surface area contributed by atoms with Gasteiger partial charge in [0.25, 0.3) is 11.1 Å². The van der Waals surface area contributed by atoms with Crippen LogP contribution in [0.4, 0.5) is 0 Å². The number of hydrogen-bond donors (Lipinski definition) is 1. The lowest BCUT2D eigenvalue weighted by atomic mass is 10.1. The topological polar surface area (TPSA) is 124 Å². The number of rotatable bonds is 7. The highest BCUT2D eigenvalue weighted by molar-refractivity contribution is 5.95. The lowest BCUT2D eigenvalue weighted by molar-refractivity contribution is 0.0696. The maximum absolute atomic E-state index is 11.5. The summed E-state index contributed by atoms with van der Waals surface area (Å²) < 4.78 is 2.98. The third kappa shape index (κ3) is 7.16. The zero-order valence-corrected chi connectivity index (χ0v) is 19.1. The maximum atomic E-state index is 11.5. The molecule has 0 saturated heterocycles. The molecule has 4 rings (SSSR count). The molecule has 35 heavy (non-hydrogen) atoms. The SMILES string of the molecule is CCC(=O)c1ccc(Cn2cnccc2=O)cc1.O=C(O)c1ccc(Cn2cnccc2=O)cc1. The lowest BCUT2D eigenvalue weighted by Crippen LogP contribution is -2.19. The van der Waals surface area contributed by atoms with E-state index in [0.29, 0.717) is 25.1 Å². The van der Waals surface area contributed by atoms with Crippen molar-refractivity contribution in [2.75, 3.05) is 0 Å². The van der Waals surface area contributed by atoms with Crippen molar-refractivity contribution in [3.05, 3.63) is 129 Å². The molecule has 0 spiro atoms. The Morgan fingerprint density at radius 3 is 1.51 bits per heavy atom. The summed E-state index contributed by atoms with van der Waals surface area (Å²) in [5.74, 6) is -0.838. The van der Waals surface area contributed by atoms with Gasteiger partial charge in [-0.1, -0.05) is 43.3 Å². The number of hydrogen-bond acceptors (Lipinski definition) is 6. The Bertz CT molecular complexity index is 1410.